The molecule has 2 aromatic carbocycles. The number of anilines is 1. The van der Waals surface area contributed by atoms with Crippen molar-refractivity contribution in [2.75, 3.05) is 11.9 Å². The molecule has 5 nitrogen and oxygen atoms in total. The number of nitrogens with one attached hydrogen (secondary N) is 2. The zero-order valence-corrected chi connectivity index (χ0v) is 14.8. The molecule has 0 saturated heterocycles. The summed E-state index contributed by atoms with van der Waals surface area (Å²) >= 11 is 3.35. The van der Waals surface area contributed by atoms with E-state index in [0.29, 0.717) is 15.7 Å². The van der Waals surface area contributed by atoms with Crippen molar-refractivity contribution in [2.45, 2.75) is 6.92 Å². The van der Waals surface area contributed by atoms with Gasteiger partial charge in [0.05, 0.1) is 4.47 Å². The van der Waals surface area contributed by atoms with Crippen LogP contribution in [-0.2, 0) is 9.53 Å². The Morgan fingerprint density at radius 2 is 2.00 bits per heavy atom. The molecule has 0 aliphatic rings. The van der Waals surface area contributed by atoms with Crippen molar-refractivity contribution in [2.24, 2.45) is 0 Å². The van der Waals surface area contributed by atoms with Crippen LogP contribution < -0.4 is 5.32 Å². The van der Waals surface area contributed by atoms with Crippen molar-refractivity contribution >= 4 is 44.4 Å². The molecule has 0 aliphatic carbocycles. The van der Waals surface area contributed by atoms with Gasteiger partial charge in [-0.3, -0.25) is 4.79 Å². The van der Waals surface area contributed by atoms with Crippen molar-refractivity contribution in [3.05, 3.63) is 64.0 Å². The van der Waals surface area contributed by atoms with Crippen LogP contribution in [0.25, 0.3) is 10.9 Å². The van der Waals surface area contributed by atoms with Crippen LogP contribution in [-0.4, -0.2) is 23.5 Å². The first-order chi connectivity index (χ1) is 12.0. The largest absolute Gasteiger partial charge is 0.451 e. The number of aromatic nitrogens is 1. The van der Waals surface area contributed by atoms with E-state index >= 15 is 0 Å². The van der Waals surface area contributed by atoms with Crippen molar-refractivity contribution in [3.8, 4) is 0 Å². The third kappa shape index (κ3) is 3.71. The summed E-state index contributed by atoms with van der Waals surface area (Å²) in [6.45, 7) is 1.15. The maximum Gasteiger partial charge on any atom is 0.356 e. The molecular formula is C18H14BrFN2O3. The summed E-state index contributed by atoms with van der Waals surface area (Å²) in [5.41, 5.74) is 1.79. The van der Waals surface area contributed by atoms with Gasteiger partial charge in [-0.25, -0.2) is 9.18 Å². The minimum atomic E-state index is -0.659. The Bertz CT molecular complexity index is 968. The highest BCUT2D eigenvalue weighted by Gasteiger charge is 2.18. The summed E-state index contributed by atoms with van der Waals surface area (Å²) < 4.78 is 19.1. The molecular weight excluding hydrogens is 391 g/mol. The highest BCUT2D eigenvalue weighted by Crippen LogP contribution is 2.28. The molecule has 0 aliphatic heterocycles. The number of hydrogen-bond donors (Lipinski definition) is 2. The van der Waals surface area contributed by atoms with Gasteiger partial charge in [0.15, 0.2) is 6.61 Å². The molecule has 7 heteroatoms. The lowest BCUT2D eigenvalue weighted by molar-refractivity contribution is -0.119. The first-order valence-corrected chi connectivity index (χ1v) is 8.24. The molecule has 0 unspecified atom stereocenters. The number of esters is 1. The fourth-order valence-corrected chi connectivity index (χ4v) is 2.93. The molecule has 1 amide bonds. The average molecular weight is 405 g/mol. The average Bonchev–Trinajstić information content (AvgIpc) is 2.93. The molecule has 128 valence electrons. The van der Waals surface area contributed by atoms with E-state index < -0.39 is 24.3 Å². The number of fused-ring (bicyclic) bond motifs is 1. The smallest absolute Gasteiger partial charge is 0.356 e. The van der Waals surface area contributed by atoms with Gasteiger partial charge in [-0.2, -0.15) is 0 Å². The lowest BCUT2D eigenvalue weighted by atomic mass is 10.2. The normalized spacial score (nSPS) is 10.7. The predicted molar refractivity (Wildman–Crippen MR) is 96.0 cm³/mol. The Balaban J connectivity index is 1.64. The molecule has 0 saturated carbocycles. The number of carbonyl (C=O) groups excluding carboxylic acids is 2. The third-order valence-corrected chi connectivity index (χ3v) is 4.46. The van der Waals surface area contributed by atoms with Crippen LogP contribution in [0.1, 0.15) is 16.1 Å². The molecule has 3 aromatic rings. The lowest BCUT2D eigenvalue weighted by Gasteiger charge is -2.07. The zero-order valence-electron chi connectivity index (χ0n) is 13.2. The van der Waals surface area contributed by atoms with Gasteiger partial charge in [0.1, 0.15) is 11.5 Å². The number of hydrogen-bond acceptors (Lipinski definition) is 3. The maximum absolute atomic E-state index is 13.5. The van der Waals surface area contributed by atoms with E-state index in [0.717, 1.165) is 10.9 Å². The fourth-order valence-electron chi connectivity index (χ4n) is 2.32. The SMILES string of the molecule is Cc1ccc(NC(=O)COC(=O)c2[nH]c3ccccc3c2Br)cc1F. The maximum atomic E-state index is 13.5. The molecule has 0 atom stereocenters. The van der Waals surface area contributed by atoms with Crippen LogP contribution in [0, 0.1) is 12.7 Å². The second-order valence-electron chi connectivity index (χ2n) is 5.45. The summed E-state index contributed by atoms with van der Waals surface area (Å²) in [5, 5.41) is 3.32. The molecule has 0 spiro atoms. The van der Waals surface area contributed by atoms with Gasteiger partial charge in [-0.05, 0) is 46.6 Å². The molecule has 1 aromatic heterocycles. The Morgan fingerprint density at radius 3 is 2.72 bits per heavy atom. The number of para-hydroxylation sites is 1. The van der Waals surface area contributed by atoms with E-state index in [1.54, 1.807) is 19.1 Å². The summed E-state index contributed by atoms with van der Waals surface area (Å²) in [6.07, 6.45) is 0. The minimum absolute atomic E-state index is 0.232. The van der Waals surface area contributed by atoms with E-state index in [-0.39, 0.29) is 5.69 Å². The van der Waals surface area contributed by atoms with E-state index in [4.69, 9.17) is 4.74 Å². The Kier molecular flexibility index (Phi) is 4.85. The quantitative estimate of drug-likeness (QED) is 0.640. The summed E-state index contributed by atoms with van der Waals surface area (Å²) in [7, 11) is 0. The number of aryl methyl sites for hydroxylation is 1. The van der Waals surface area contributed by atoms with Crippen LogP contribution >= 0.6 is 15.9 Å². The number of halogens is 2. The second-order valence-corrected chi connectivity index (χ2v) is 6.24. The zero-order chi connectivity index (χ0) is 18.0. The third-order valence-electron chi connectivity index (χ3n) is 3.64. The van der Waals surface area contributed by atoms with Crippen molar-refractivity contribution in [1.82, 2.24) is 4.98 Å². The number of rotatable bonds is 4. The van der Waals surface area contributed by atoms with Gasteiger partial charge in [0.2, 0.25) is 0 Å². The second kappa shape index (κ2) is 7.06. The first kappa shape index (κ1) is 17.2. The van der Waals surface area contributed by atoms with Gasteiger partial charge in [-0.1, -0.05) is 24.3 Å². The highest BCUT2D eigenvalue weighted by molar-refractivity contribution is 9.10. The number of H-pyrrole nitrogens is 1. The van der Waals surface area contributed by atoms with Crippen LogP contribution in [0.15, 0.2) is 46.9 Å². The predicted octanol–water partition coefficient (Wildman–Crippen LogP) is 4.17. The van der Waals surface area contributed by atoms with Gasteiger partial charge in [0.25, 0.3) is 5.91 Å². The Hall–Kier alpha value is -2.67. The summed E-state index contributed by atoms with van der Waals surface area (Å²) in [5.74, 6) is -1.63. The van der Waals surface area contributed by atoms with E-state index in [1.807, 2.05) is 24.3 Å². The molecule has 25 heavy (non-hydrogen) atoms. The minimum Gasteiger partial charge on any atom is -0.451 e. The molecule has 2 N–H and O–H groups in total. The van der Waals surface area contributed by atoms with Crippen LogP contribution in [0.4, 0.5) is 10.1 Å². The topological polar surface area (TPSA) is 71.2 Å². The van der Waals surface area contributed by atoms with Crippen LogP contribution in [0.3, 0.4) is 0 Å². The van der Waals surface area contributed by atoms with E-state index in [2.05, 4.69) is 26.2 Å². The molecule has 0 radical (unpaired) electrons. The monoisotopic (exact) mass is 404 g/mol. The van der Waals surface area contributed by atoms with Crippen LogP contribution in [0.5, 0.6) is 0 Å². The van der Waals surface area contributed by atoms with Gasteiger partial charge >= 0.3 is 5.97 Å². The molecule has 1 heterocycles. The van der Waals surface area contributed by atoms with Gasteiger partial charge < -0.3 is 15.0 Å². The van der Waals surface area contributed by atoms with Gasteiger partial charge in [-0.15, -0.1) is 0 Å². The Morgan fingerprint density at radius 1 is 1.24 bits per heavy atom. The lowest BCUT2D eigenvalue weighted by Crippen LogP contribution is -2.21. The Labute approximate surface area is 151 Å². The number of amides is 1. The number of benzene rings is 2. The molecule has 0 fully saturated rings. The standard InChI is InChI=1S/C18H14BrFN2O3/c1-10-6-7-11(8-13(10)20)21-15(23)9-25-18(24)17-16(19)12-4-2-3-5-14(12)22-17/h2-8,22H,9H2,1H3,(H,21,23). The van der Waals surface area contributed by atoms with Crippen molar-refractivity contribution in [1.29, 1.82) is 0 Å². The first-order valence-electron chi connectivity index (χ1n) is 7.45. The molecule has 0 bridgehead atoms. The summed E-state index contributed by atoms with van der Waals surface area (Å²) in [6, 6.07) is 11.7. The van der Waals surface area contributed by atoms with Gasteiger partial charge in [0, 0.05) is 16.6 Å². The van der Waals surface area contributed by atoms with Crippen LogP contribution in [0.2, 0.25) is 0 Å². The number of aromatic amines is 1. The fraction of sp³-hybridized carbons (Fsp3) is 0.111. The van der Waals surface area contributed by atoms with E-state index in [1.165, 1.54) is 6.07 Å². The number of carbonyl (C=O) groups is 2. The highest BCUT2D eigenvalue weighted by atomic mass is 79.9. The summed E-state index contributed by atoms with van der Waals surface area (Å²) in [4.78, 5) is 27.0. The van der Waals surface area contributed by atoms with E-state index in [9.17, 15) is 14.0 Å². The van der Waals surface area contributed by atoms with Crippen molar-refractivity contribution in [3.63, 3.8) is 0 Å². The van der Waals surface area contributed by atoms with Crippen molar-refractivity contribution < 1.29 is 18.7 Å². The molecule has 3 rings (SSSR count). The number of ether oxygens (including phenoxy) is 1.